The second-order valence-corrected chi connectivity index (χ2v) is 19.2. The van der Waals surface area contributed by atoms with Gasteiger partial charge in [-0.05, 0) is 90.9 Å². The molecule has 0 saturated carbocycles. The van der Waals surface area contributed by atoms with E-state index in [2.05, 4.69) is 4.98 Å². The summed E-state index contributed by atoms with van der Waals surface area (Å²) < 4.78 is 20.5. The number of carbonyl (C=O) groups is 6. The first kappa shape index (κ1) is 74.9. The molecule has 462 valence electrons. The molecule has 6 atom stereocenters. The number of carboxylic acid groups (broad SMARTS) is 6. The first-order chi connectivity index (χ1) is 40.2. The molecule has 1 heterocycles. The minimum absolute atomic E-state index is 0.0320. The maximum Gasteiger partial charge on any atom is 0.324 e. The molecule has 0 amide bonds. The topological polar surface area (TPSA) is 433 Å². The molecule has 0 fully saturated rings. The Kier molecular flexibility index (Phi) is 37.6. The van der Waals surface area contributed by atoms with Crippen LogP contribution in [0.3, 0.4) is 0 Å². The minimum Gasteiger partial charge on any atom is -0.491 e. The molecule has 6 aromatic rings. The molecule has 24 nitrogen and oxygen atoms in total. The third kappa shape index (κ3) is 34.9. The minimum atomic E-state index is -1.10. The highest BCUT2D eigenvalue weighted by Crippen LogP contribution is 2.24. The zero-order valence-corrected chi connectivity index (χ0v) is 48.8. The normalized spacial score (nSPS) is 12.2. The highest BCUT2D eigenvalue weighted by Gasteiger charge is 2.16. The standard InChI is InChI=1S/C11H15NO2.C10H15N3O2.C10H13NO3.3C9H10ClNO3/c12-10(11(13)14)8-4-7-9-5-2-1-3-6-9;1-13(2)9-4-3-7(6-12-9)5-8(11)10(14)15;11-9(10(12)13)7-14-6-8-4-2-1-3-5-8;10-6-2-1-3-7(4-6)14-5-8(11)9(12)13;2*10-6-3-1-2-4-8(6)14-5-7(11)9(12)13/h1-3,5-6,10H,4,7-8,12H2,(H,13,14);3-4,6,8H,5,11H2,1-2H3,(H,14,15);1-5,9H,6-7,11H2,(H,12,13);1-4,8H,5,11H2,(H,12,13);2*1-4,7H,5,11H2,(H,12,13)/t10-;8-;9-;8-;2*7-/m000000/s1. The van der Waals surface area contributed by atoms with Gasteiger partial charge in [0.25, 0.3) is 0 Å². The number of aryl methyl sites for hydroxylation is 1. The first-order valence-corrected chi connectivity index (χ1v) is 26.7. The van der Waals surface area contributed by atoms with Crippen LogP contribution in [0.5, 0.6) is 17.2 Å². The Labute approximate surface area is 506 Å². The Morgan fingerprint density at radius 2 is 0.894 bits per heavy atom. The van der Waals surface area contributed by atoms with Crippen LogP contribution in [0.25, 0.3) is 0 Å². The van der Waals surface area contributed by atoms with E-state index in [1.54, 1.807) is 79.0 Å². The monoisotopic (exact) mass is 1240 g/mol. The zero-order valence-electron chi connectivity index (χ0n) is 46.5. The summed E-state index contributed by atoms with van der Waals surface area (Å²) in [7, 11) is 3.79. The number of anilines is 1. The number of aromatic nitrogens is 1. The molecular formula is C58H73Cl3N8O16. The fourth-order valence-electron chi connectivity index (χ4n) is 5.83. The van der Waals surface area contributed by atoms with Crippen molar-refractivity contribution in [3.63, 3.8) is 0 Å². The summed E-state index contributed by atoms with van der Waals surface area (Å²) in [5, 5.41) is 52.5. The number of halogens is 3. The van der Waals surface area contributed by atoms with Gasteiger partial charge < -0.3 is 88.9 Å². The smallest absolute Gasteiger partial charge is 0.324 e. The van der Waals surface area contributed by atoms with Gasteiger partial charge in [-0.2, -0.15) is 0 Å². The molecule has 18 N–H and O–H groups in total. The predicted octanol–water partition coefficient (Wildman–Crippen LogP) is 5.53. The Morgan fingerprint density at radius 3 is 1.31 bits per heavy atom. The van der Waals surface area contributed by atoms with E-state index in [0.29, 0.717) is 51.8 Å². The molecule has 0 saturated heterocycles. The quantitative estimate of drug-likeness (QED) is 0.0317. The SMILES string of the molecule is CN(C)c1ccc(C[C@H](N)C(=O)O)cn1.N[C@@H](CCCc1ccccc1)C(=O)O.N[C@@H](COCc1ccccc1)C(=O)O.N[C@@H](COc1cccc(Cl)c1)C(=O)O.N[C@@H](COc1ccccc1Cl)C(=O)O.N[C@@H](COc1ccccc1Cl)C(=O)O. The fourth-order valence-corrected chi connectivity index (χ4v) is 6.39. The number of nitrogens with zero attached hydrogens (tertiary/aromatic N) is 2. The van der Waals surface area contributed by atoms with Gasteiger partial charge in [-0.3, -0.25) is 28.8 Å². The van der Waals surface area contributed by atoms with Crippen molar-refractivity contribution >= 4 is 76.4 Å². The molecule has 0 radical (unpaired) electrons. The summed E-state index contributed by atoms with van der Waals surface area (Å²) in [5.74, 6) is -4.03. The Morgan fingerprint density at radius 1 is 0.471 bits per heavy atom. The van der Waals surface area contributed by atoms with E-state index in [4.69, 9.17) is 119 Å². The highest BCUT2D eigenvalue weighted by atomic mass is 35.5. The van der Waals surface area contributed by atoms with Crippen LogP contribution >= 0.6 is 34.8 Å². The lowest BCUT2D eigenvalue weighted by atomic mass is 10.1. The average Bonchev–Trinajstić information content (AvgIpc) is 3.49. The van der Waals surface area contributed by atoms with Crippen LogP contribution in [-0.2, 0) is 53.0 Å². The van der Waals surface area contributed by atoms with Gasteiger partial charge in [-0.15, -0.1) is 0 Å². The van der Waals surface area contributed by atoms with E-state index in [0.717, 1.165) is 29.8 Å². The van der Waals surface area contributed by atoms with Gasteiger partial charge >= 0.3 is 35.8 Å². The number of hydrogen-bond acceptors (Lipinski definition) is 18. The van der Waals surface area contributed by atoms with Crippen LogP contribution < -0.4 is 53.5 Å². The van der Waals surface area contributed by atoms with Gasteiger partial charge in [0.05, 0.1) is 23.3 Å². The molecule has 0 unspecified atom stereocenters. The van der Waals surface area contributed by atoms with Crippen LogP contribution in [0.4, 0.5) is 5.82 Å². The molecule has 0 aliphatic carbocycles. The second-order valence-electron chi connectivity index (χ2n) is 17.9. The van der Waals surface area contributed by atoms with Crippen molar-refractivity contribution < 1.29 is 78.4 Å². The molecule has 0 aliphatic rings. The van der Waals surface area contributed by atoms with E-state index >= 15 is 0 Å². The van der Waals surface area contributed by atoms with Gasteiger partial charge in [0.1, 0.15) is 79.1 Å². The Balaban J connectivity index is 0.000000510. The molecule has 0 aliphatic heterocycles. The largest absolute Gasteiger partial charge is 0.491 e. The van der Waals surface area contributed by atoms with Gasteiger partial charge in [0.2, 0.25) is 0 Å². The summed E-state index contributed by atoms with van der Waals surface area (Å²) in [6.45, 7) is 0.153. The average molecular weight is 1240 g/mol. The lowest BCUT2D eigenvalue weighted by Gasteiger charge is -2.11. The van der Waals surface area contributed by atoms with E-state index in [9.17, 15) is 28.8 Å². The van der Waals surface area contributed by atoms with Crippen molar-refractivity contribution in [3.8, 4) is 17.2 Å². The predicted molar refractivity (Wildman–Crippen MR) is 322 cm³/mol. The number of pyridine rings is 1. The number of para-hydroxylation sites is 2. The zero-order chi connectivity index (χ0) is 63.9. The van der Waals surface area contributed by atoms with E-state index in [1.165, 1.54) is 5.56 Å². The van der Waals surface area contributed by atoms with E-state index in [-0.39, 0.29) is 26.4 Å². The fraction of sp³-hybridized carbons (Fsp3) is 0.293. The number of hydrogen-bond donors (Lipinski definition) is 12. The maximum absolute atomic E-state index is 10.5. The second kappa shape index (κ2) is 42.6. The van der Waals surface area contributed by atoms with Crippen LogP contribution in [-0.4, -0.2) is 148 Å². The third-order valence-electron chi connectivity index (χ3n) is 10.6. The van der Waals surface area contributed by atoms with Crippen LogP contribution in [0.1, 0.15) is 29.5 Å². The molecule has 1 aromatic heterocycles. The van der Waals surface area contributed by atoms with Crippen molar-refractivity contribution in [2.45, 2.75) is 68.5 Å². The van der Waals surface area contributed by atoms with Crippen molar-refractivity contribution in [2.24, 2.45) is 34.4 Å². The van der Waals surface area contributed by atoms with Crippen LogP contribution in [0.2, 0.25) is 15.1 Å². The van der Waals surface area contributed by atoms with Crippen molar-refractivity contribution in [2.75, 3.05) is 45.4 Å². The van der Waals surface area contributed by atoms with Gasteiger partial charge in [0.15, 0.2) is 0 Å². The summed E-state index contributed by atoms with van der Waals surface area (Å²) >= 11 is 17.2. The number of aliphatic carboxylic acids is 6. The molecule has 0 bridgehead atoms. The summed E-state index contributed by atoms with van der Waals surface area (Å²) in [4.78, 5) is 68.4. The summed E-state index contributed by atoms with van der Waals surface area (Å²) in [6, 6.07) is 37.9. The Bertz CT molecular complexity index is 2780. The molecule has 0 spiro atoms. The number of rotatable bonds is 26. The lowest BCUT2D eigenvalue weighted by molar-refractivity contribution is -0.141. The molecular weight excluding hydrogens is 1170 g/mol. The lowest BCUT2D eigenvalue weighted by Crippen LogP contribution is -2.36. The number of nitrogens with two attached hydrogens (primary N) is 6. The molecule has 85 heavy (non-hydrogen) atoms. The maximum atomic E-state index is 10.5. The van der Waals surface area contributed by atoms with Crippen molar-refractivity contribution in [3.05, 3.63) is 184 Å². The van der Waals surface area contributed by atoms with E-state index in [1.807, 2.05) is 91.8 Å². The van der Waals surface area contributed by atoms with Crippen molar-refractivity contribution in [1.82, 2.24) is 4.98 Å². The van der Waals surface area contributed by atoms with Gasteiger partial charge in [-0.1, -0.05) is 132 Å². The third-order valence-corrected chi connectivity index (χ3v) is 11.5. The number of carboxylic acids is 6. The van der Waals surface area contributed by atoms with Gasteiger partial charge in [-0.25, -0.2) is 4.98 Å². The molecule has 27 heteroatoms. The highest BCUT2D eigenvalue weighted by molar-refractivity contribution is 6.32. The van der Waals surface area contributed by atoms with Gasteiger partial charge in [0, 0.05) is 25.3 Å². The van der Waals surface area contributed by atoms with Crippen molar-refractivity contribution in [1.29, 1.82) is 0 Å². The number of benzene rings is 5. The van der Waals surface area contributed by atoms with Crippen LogP contribution in [0, 0.1) is 0 Å². The Hall–Kier alpha value is -8.14. The first-order valence-electron chi connectivity index (χ1n) is 25.5. The number of ether oxygens (including phenoxy) is 4. The van der Waals surface area contributed by atoms with Crippen LogP contribution in [0.15, 0.2) is 152 Å². The molecule has 5 aromatic carbocycles. The summed E-state index contributed by atoms with van der Waals surface area (Å²) in [6.07, 6.45) is 4.19. The summed E-state index contributed by atoms with van der Waals surface area (Å²) in [5.41, 5.74) is 34.8. The molecule has 6 rings (SSSR count). The van der Waals surface area contributed by atoms with E-state index < -0.39 is 72.1 Å².